The van der Waals surface area contributed by atoms with Crippen LogP contribution in [0, 0.1) is 0 Å². The summed E-state index contributed by atoms with van der Waals surface area (Å²) in [6, 6.07) is 14.0. The molecular formula is C23H21N7O4. The van der Waals surface area contributed by atoms with Gasteiger partial charge in [0.25, 0.3) is 11.8 Å². The van der Waals surface area contributed by atoms with Gasteiger partial charge in [-0.3, -0.25) is 4.79 Å². The van der Waals surface area contributed by atoms with Gasteiger partial charge in [-0.05, 0) is 29.8 Å². The number of carboxylic acid groups (broad SMARTS) is 1. The molecule has 0 fully saturated rings. The number of carbonyl (C=O) groups is 2. The van der Waals surface area contributed by atoms with Gasteiger partial charge in [-0.25, -0.2) is 14.8 Å². The van der Waals surface area contributed by atoms with Gasteiger partial charge in [0, 0.05) is 37.3 Å². The molecular weight excluding hydrogens is 438 g/mol. The van der Waals surface area contributed by atoms with Gasteiger partial charge in [0.2, 0.25) is 5.89 Å². The molecule has 0 saturated carbocycles. The second kappa shape index (κ2) is 9.36. The smallest absolute Gasteiger partial charge is 0.404 e. The first-order valence-electron chi connectivity index (χ1n) is 10.2. The first-order valence-corrected chi connectivity index (χ1v) is 10.2. The SMILES string of the molecule is CN(C)C(=O)c1ccc(-c2cnc(N)c(-c3nnc(-c4cccc(CNC(=O)O)c4)o3)n2)cc1. The zero-order valence-electron chi connectivity index (χ0n) is 18.4. The van der Waals surface area contributed by atoms with Crippen LogP contribution in [0.5, 0.6) is 0 Å². The van der Waals surface area contributed by atoms with Crippen molar-refractivity contribution < 1.29 is 19.1 Å². The Balaban J connectivity index is 1.61. The third-order valence-corrected chi connectivity index (χ3v) is 4.88. The second-order valence-electron chi connectivity index (χ2n) is 7.54. The minimum Gasteiger partial charge on any atom is -0.465 e. The zero-order chi connectivity index (χ0) is 24.2. The fraction of sp³-hybridized carbons (Fsp3) is 0.130. The predicted octanol–water partition coefficient (Wildman–Crippen LogP) is 2.91. The number of nitrogens with two attached hydrogens (primary N) is 1. The number of hydrogen-bond acceptors (Lipinski definition) is 8. The number of amides is 2. The third kappa shape index (κ3) is 4.83. The van der Waals surface area contributed by atoms with Crippen molar-refractivity contribution in [2.45, 2.75) is 6.54 Å². The number of nitrogens with one attached hydrogen (secondary N) is 1. The highest BCUT2D eigenvalue weighted by Gasteiger charge is 2.17. The minimum atomic E-state index is -1.11. The molecule has 172 valence electrons. The molecule has 0 aliphatic rings. The van der Waals surface area contributed by atoms with Crippen LogP contribution in [-0.2, 0) is 6.54 Å². The van der Waals surface area contributed by atoms with Crippen LogP contribution < -0.4 is 11.1 Å². The summed E-state index contributed by atoms with van der Waals surface area (Å²) in [5, 5.41) is 19.2. The molecule has 4 N–H and O–H groups in total. The lowest BCUT2D eigenvalue weighted by Gasteiger charge is -2.10. The van der Waals surface area contributed by atoms with Crippen molar-refractivity contribution in [2.75, 3.05) is 19.8 Å². The number of aromatic nitrogens is 4. The Morgan fingerprint density at radius 2 is 1.79 bits per heavy atom. The van der Waals surface area contributed by atoms with E-state index in [0.717, 1.165) is 11.1 Å². The van der Waals surface area contributed by atoms with Crippen LogP contribution in [-0.4, -0.2) is 56.3 Å². The molecule has 0 radical (unpaired) electrons. The normalized spacial score (nSPS) is 10.6. The van der Waals surface area contributed by atoms with E-state index in [1.165, 1.54) is 11.1 Å². The molecule has 2 heterocycles. The van der Waals surface area contributed by atoms with E-state index in [1.54, 1.807) is 62.6 Å². The molecule has 4 aromatic rings. The lowest BCUT2D eigenvalue weighted by atomic mass is 10.1. The van der Waals surface area contributed by atoms with E-state index in [9.17, 15) is 9.59 Å². The van der Waals surface area contributed by atoms with Gasteiger partial charge >= 0.3 is 6.09 Å². The van der Waals surface area contributed by atoms with E-state index in [1.807, 2.05) is 0 Å². The highest BCUT2D eigenvalue weighted by atomic mass is 16.4. The molecule has 0 atom stereocenters. The van der Waals surface area contributed by atoms with E-state index >= 15 is 0 Å². The third-order valence-electron chi connectivity index (χ3n) is 4.88. The van der Waals surface area contributed by atoms with Gasteiger partial charge in [-0.1, -0.05) is 24.3 Å². The quantitative estimate of drug-likeness (QED) is 0.394. The van der Waals surface area contributed by atoms with E-state index in [4.69, 9.17) is 15.3 Å². The topological polar surface area (TPSA) is 160 Å². The van der Waals surface area contributed by atoms with Gasteiger partial charge in [0.15, 0.2) is 11.5 Å². The molecule has 2 aromatic carbocycles. The van der Waals surface area contributed by atoms with Gasteiger partial charge in [0.1, 0.15) is 0 Å². The van der Waals surface area contributed by atoms with E-state index in [-0.39, 0.29) is 35.7 Å². The average molecular weight is 459 g/mol. The van der Waals surface area contributed by atoms with Gasteiger partial charge in [-0.2, -0.15) is 0 Å². The monoisotopic (exact) mass is 459 g/mol. The predicted molar refractivity (Wildman–Crippen MR) is 123 cm³/mol. The molecule has 4 rings (SSSR count). The summed E-state index contributed by atoms with van der Waals surface area (Å²) in [6.07, 6.45) is 0.413. The Bertz CT molecular complexity index is 1350. The number of nitrogens with zero attached hydrogens (tertiary/aromatic N) is 5. The van der Waals surface area contributed by atoms with Crippen molar-refractivity contribution in [2.24, 2.45) is 0 Å². The van der Waals surface area contributed by atoms with Crippen LogP contribution in [0.25, 0.3) is 34.3 Å². The molecule has 0 bridgehead atoms. The summed E-state index contributed by atoms with van der Waals surface area (Å²) < 4.78 is 5.79. The number of nitrogen functional groups attached to an aromatic ring is 1. The molecule has 0 unspecified atom stereocenters. The molecule has 0 aliphatic heterocycles. The Labute approximate surface area is 194 Å². The fourth-order valence-electron chi connectivity index (χ4n) is 3.16. The standard InChI is InChI=1S/C23H21N7O4/c1-30(2)22(31)15-8-6-14(7-9-15)17-12-25-19(24)18(27-17)21-29-28-20(34-21)16-5-3-4-13(10-16)11-26-23(32)33/h3-10,12,26H,11H2,1-2H3,(H2,24,25)(H,32,33). The molecule has 34 heavy (non-hydrogen) atoms. The molecule has 11 heteroatoms. The van der Waals surface area contributed by atoms with Crippen LogP contribution in [0.1, 0.15) is 15.9 Å². The first-order chi connectivity index (χ1) is 16.3. The summed E-state index contributed by atoms with van der Waals surface area (Å²) >= 11 is 0. The van der Waals surface area contributed by atoms with Crippen LogP contribution >= 0.6 is 0 Å². The molecule has 0 aliphatic carbocycles. The maximum absolute atomic E-state index is 12.1. The number of anilines is 1. The molecule has 0 spiro atoms. The Morgan fingerprint density at radius 1 is 1.06 bits per heavy atom. The van der Waals surface area contributed by atoms with E-state index in [2.05, 4.69) is 25.5 Å². The van der Waals surface area contributed by atoms with E-state index in [0.29, 0.717) is 16.8 Å². The number of benzene rings is 2. The van der Waals surface area contributed by atoms with Gasteiger partial charge in [-0.15, -0.1) is 10.2 Å². The Morgan fingerprint density at radius 3 is 2.50 bits per heavy atom. The molecule has 2 amide bonds. The zero-order valence-corrected chi connectivity index (χ0v) is 18.4. The van der Waals surface area contributed by atoms with Crippen molar-refractivity contribution in [1.82, 2.24) is 30.4 Å². The van der Waals surface area contributed by atoms with Crippen molar-refractivity contribution in [1.29, 1.82) is 0 Å². The Kier molecular flexibility index (Phi) is 6.17. The second-order valence-corrected chi connectivity index (χ2v) is 7.54. The van der Waals surface area contributed by atoms with E-state index < -0.39 is 6.09 Å². The largest absolute Gasteiger partial charge is 0.465 e. The molecule has 0 saturated heterocycles. The summed E-state index contributed by atoms with van der Waals surface area (Å²) in [4.78, 5) is 33.1. The maximum atomic E-state index is 12.1. The van der Waals surface area contributed by atoms with Crippen molar-refractivity contribution in [3.05, 3.63) is 65.9 Å². The average Bonchev–Trinajstić information content (AvgIpc) is 3.33. The number of rotatable bonds is 6. The first kappa shape index (κ1) is 22.4. The summed E-state index contributed by atoms with van der Waals surface area (Å²) in [5.41, 5.74) is 9.42. The lowest BCUT2D eigenvalue weighted by molar-refractivity contribution is 0.0827. The van der Waals surface area contributed by atoms with Crippen LogP contribution in [0.15, 0.2) is 59.1 Å². The molecule has 2 aromatic heterocycles. The number of carbonyl (C=O) groups excluding carboxylic acids is 1. The van der Waals surface area contributed by atoms with Crippen LogP contribution in [0.3, 0.4) is 0 Å². The highest BCUT2D eigenvalue weighted by molar-refractivity contribution is 5.94. The summed E-state index contributed by atoms with van der Waals surface area (Å²) in [7, 11) is 3.38. The number of hydrogen-bond donors (Lipinski definition) is 3. The Hall–Kier alpha value is -4.80. The van der Waals surface area contributed by atoms with Gasteiger partial charge < -0.3 is 25.5 Å². The lowest BCUT2D eigenvalue weighted by Crippen LogP contribution is -2.21. The maximum Gasteiger partial charge on any atom is 0.404 e. The van der Waals surface area contributed by atoms with Crippen LogP contribution in [0.4, 0.5) is 10.6 Å². The fourth-order valence-corrected chi connectivity index (χ4v) is 3.16. The van der Waals surface area contributed by atoms with Crippen molar-refractivity contribution in [3.8, 4) is 34.3 Å². The van der Waals surface area contributed by atoms with Crippen molar-refractivity contribution in [3.63, 3.8) is 0 Å². The summed E-state index contributed by atoms with van der Waals surface area (Å²) in [6.45, 7) is 0.142. The minimum absolute atomic E-state index is 0.0929. The van der Waals surface area contributed by atoms with Gasteiger partial charge in [0.05, 0.1) is 11.9 Å². The highest BCUT2D eigenvalue weighted by Crippen LogP contribution is 2.28. The van der Waals surface area contributed by atoms with Crippen LogP contribution in [0.2, 0.25) is 0 Å². The molecule has 11 nitrogen and oxygen atoms in total. The van der Waals surface area contributed by atoms with Crippen molar-refractivity contribution >= 4 is 17.8 Å². The summed E-state index contributed by atoms with van der Waals surface area (Å²) in [5.74, 6) is 0.343.